The highest BCUT2D eigenvalue weighted by Crippen LogP contribution is 2.39. The van der Waals surface area contributed by atoms with Crippen molar-refractivity contribution in [3.05, 3.63) is 121 Å². The van der Waals surface area contributed by atoms with Crippen molar-refractivity contribution < 1.29 is 0 Å². The minimum absolute atomic E-state index is 0.357. The molecule has 4 nitrogen and oxygen atoms in total. The molecule has 0 N–H and O–H groups in total. The van der Waals surface area contributed by atoms with E-state index >= 15 is 0 Å². The maximum absolute atomic E-state index is 5.31. The molecular formula is C35H32N4. The van der Waals surface area contributed by atoms with Crippen LogP contribution < -0.4 is 0 Å². The van der Waals surface area contributed by atoms with Gasteiger partial charge in [0, 0.05) is 34.8 Å². The Morgan fingerprint density at radius 3 is 1.79 bits per heavy atom. The van der Waals surface area contributed by atoms with E-state index in [0.29, 0.717) is 11.8 Å². The summed E-state index contributed by atoms with van der Waals surface area (Å²) in [6.07, 6.45) is 3.68. The van der Waals surface area contributed by atoms with E-state index in [0.717, 1.165) is 45.1 Å². The molecule has 0 spiro atoms. The fourth-order valence-corrected chi connectivity index (χ4v) is 5.34. The lowest BCUT2D eigenvalue weighted by molar-refractivity contribution is 0.832. The van der Waals surface area contributed by atoms with Crippen LogP contribution in [0.1, 0.15) is 50.7 Å². The second-order valence-electron chi connectivity index (χ2n) is 10.6. The molecule has 0 atom stereocenters. The van der Waals surface area contributed by atoms with Crippen molar-refractivity contribution in [2.75, 3.05) is 0 Å². The van der Waals surface area contributed by atoms with E-state index in [-0.39, 0.29) is 0 Å². The molecule has 0 saturated heterocycles. The van der Waals surface area contributed by atoms with Crippen LogP contribution in [0, 0.1) is 0 Å². The Kier molecular flexibility index (Phi) is 6.54. The molecular weight excluding hydrogens is 476 g/mol. The number of hydrogen-bond donors (Lipinski definition) is 0. The van der Waals surface area contributed by atoms with E-state index in [9.17, 15) is 0 Å². The molecule has 6 rings (SSSR count). The quantitative estimate of drug-likeness (QED) is 0.225. The fourth-order valence-electron chi connectivity index (χ4n) is 5.34. The number of hydrogen-bond acceptors (Lipinski definition) is 3. The Bertz CT molecular complexity index is 1720. The van der Waals surface area contributed by atoms with Crippen LogP contribution in [0.3, 0.4) is 0 Å². The highest BCUT2D eigenvalue weighted by Gasteiger charge is 2.23. The number of pyridine rings is 2. The molecule has 3 heterocycles. The summed E-state index contributed by atoms with van der Waals surface area (Å²) < 4.78 is 2.32. The van der Waals surface area contributed by atoms with Crippen LogP contribution in [0.5, 0.6) is 0 Å². The second-order valence-corrected chi connectivity index (χ2v) is 10.6. The summed E-state index contributed by atoms with van der Waals surface area (Å²) in [6, 6.07) is 33.8. The van der Waals surface area contributed by atoms with Gasteiger partial charge in [-0.15, -0.1) is 0 Å². The standard InChI is InChI=1S/C35H32N4/c1-23(2)28-13-10-14-29(24(3)4)34(28)35-38-32-18-17-26(31-16-6-8-20-37-31)22-33(32)39(35)27-12-9-11-25(21-27)30-15-5-7-19-36-30/h5-24H,1-4H3. The van der Waals surface area contributed by atoms with Gasteiger partial charge in [0.15, 0.2) is 0 Å². The normalized spacial score (nSPS) is 11.5. The SMILES string of the molecule is CC(C)c1cccc(C(C)C)c1-c1nc2ccc(-c3ccccn3)cc2n1-c1cccc(-c2ccccn2)c1. The van der Waals surface area contributed by atoms with Gasteiger partial charge < -0.3 is 0 Å². The van der Waals surface area contributed by atoms with Crippen LogP contribution in [-0.4, -0.2) is 19.5 Å². The predicted molar refractivity (Wildman–Crippen MR) is 161 cm³/mol. The van der Waals surface area contributed by atoms with Crippen LogP contribution >= 0.6 is 0 Å². The van der Waals surface area contributed by atoms with Crippen LogP contribution in [-0.2, 0) is 0 Å². The summed E-state index contributed by atoms with van der Waals surface area (Å²) in [5.41, 5.74) is 10.9. The molecule has 0 aliphatic rings. The number of nitrogens with zero attached hydrogens (tertiary/aromatic N) is 4. The molecule has 0 radical (unpaired) electrons. The lowest BCUT2D eigenvalue weighted by atomic mass is 9.88. The minimum atomic E-state index is 0.357. The second kappa shape index (κ2) is 10.3. The number of aromatic nitrogens is 4. The van der Waals surface area contributed by atoms with E-state index in [1.54, 1.807) is 0 Å². The Morgan fingerprint density at radius 1 is 0.590 bits per heavy atom. The van der Waals surface area contributed by atoms with Crippen LogP contribution in [0.25, 0.3) is 50.6 Å². The van der Waals surface area contributed by atoms with Crippen molar-refractivity contribution in [2.45, 2.75) is 39.5 Å². The van der Waals surface area contributed by atoms with Crippen molar-refractivity contribution in [3.63, 3.8) is 0 Å². The number of fused-ring (bicyclic) bond motifs is 1. The topological polar surface area (TPSA) is 43.6 Å². The van der Waals surface area contributed by atoms with E-state index in [2.05, 4.69) is 115 Å². The zero-order valence-corrected chi connectivity index (χ0v) is 22.8. The first-order chi connectivity index (χ1) is 19.0. The van der Waals surface area contributed by atoms with E-state index in [1.807, 2.05) is 36.7 Å². The molecule has 0 saturated carbocycles. The molecule has 6 aromatic rings. The molecule has 0 fully saturated rings. The first kappa shape index (κ1) is 24.7. The smallest absolute Gasteiger partial charge is 0.146 e. The van der Waals surface area contributed by atoms with Gasteiger partial charge in [0.2, 0.25) is 0 Å². The Labute approximate surface area is 230 Å². The van der Waals surface area contributed by atoms with Gasteiger partial charge in [0.25, 0.3) is 0 Å². The summed E-state index contributed by atoms with van der Waals surface area (Å²) in [6.45, 7) is 9.04. The zero-order valence-electron chi connectivity index (χ0n) is 22.8. The van der Waals surface area contributed by atoms with Crippen LogP contribution in [0.15, 0.2) is 109 Å². The average molecular weight is 509 g/mol. The van der Waals surface area contributed by atoms with Crippen molar-refractivity contribution >= 4 is 11.0 Å². The molecule has 0 amide bonds. The van der Waals surface area contributed by atoms with Gasteiger partial charge in [0.05, 0.1) is 22.4 Å². The van der Waals surface area contributed by atoms with Crippen molar-refractivity contribution in [1.29, 1.82) is 0 Å². The van der Waals surface area contributed by atoms with Gasteiger partial charge in [-0.05, 0) is 71.5 Å². The first-order valence-corrected chi connectivity index (χ1v) is 13.6. The summed E-state index contributed by atoms with van der Waals surface area (Å²) >= 11 is 0. The summed E-state index contributed by atoms with van der Waals surface area (Å²) in [5, 5.41) is 0. The molecule has 0 aliphatic carbocycles. The molecule has 3 aromatic carbocycles. The molecule has 0 aliphatic heterocycles. The maximum atomic E-state index is 5.31. The number of benzene rings is 3. The van der Waals surface area contributed by atoms with Gasteiger partial charge in [-0.3, -0.25) is 14.5 Å². The third-order valence-electron chi connectivity index (χ3n) is 7.28. The molecule has 3 aromatic heterocycles. The molecule has 0 unspecified atom stereocenters. The summed E-state index contributed by atoms with van der Waals surface area (Å²) in [4.78, 5) is 14.5. The Hall–Kier alpha value is -4.57. The van der Waals surface area contributed by atoms with Gasteiger partial charge in [-0.25, -0.2) is 4.98 Å². The largest absolute Gasteiger partial charge is 0.292 e. The van der Waals surface area contributed by atoms with E-state index in [1.165, 1.54) is 16.7 Å². The highest BCUT2D eigenvalue weighted by molar-refractivity contribution is 5.88. The summed E-state index contributed by atoms with van der Waals surface area (Å²) in [5.74, 6) is 1.68. The summed E-state index contributed by atoms with van der Waals surface area (Å²) in [7, 11) is 0. The Balaban J connectivity index is 1.68. The zero-order chi connectivity index (χ0) is 26.9. The van der Waals surface area contributed by atoms with E-state index in [4.69, 9.17) is 4.98 Å². The lowest BCUT2D eigenvalue weighted by Gasteiger charge is -2.21. The monoisotopic (exact) mass is 508 g/mol. The third kappa shape index (κ3) is 4.63. The molecule has 192 valence electrons. The van der Waals surface area contributed by atoms with Gasteiger partial charge in [0.1, 0.15) is 5.82 Å². The highest BCUT2D eigenvalue weighted by atomic mass is 15.1. The van der Waals surface area contributed by atoms with Gasteiger partial charge >= 0.3 is 0 Å². The van der Waals surface area contributed by atoms with Crippen LogP contribution in [0.2, 0.25) is 0 Å². The average Bonchev–Trinajstić information content (AvgIpc) is 3.36. The maximum Gasteiger partial charge on any atom is 0.146 e. The lowest BCUT2D eigenvalue weighted by Crippen LogP contribution is -2.05. The first-order valence-electron chi connectivity index (χ1n) is 13.6. The molecule has 4 heteroatoms. The van der Waals surface area contributed by atoms with Gasteiger partial charge in [-0.1, -0.05) is 76.2 Å². The number of imidazole rings is 1. The van der Waals surface area contributed by atoms with Crippen LogP contribution in [0.4, 0.5) is 0 Å². The Morgan fingerprint density at radius 2 is 1.21 bits per heavy atom. The third-order valence-corrected chi connectivity index (χ3v) is 7.28. The molecule has 39 heavy (non-hydrogen) atoms. The number of rotatable bonds is 6. The fraction of sp³-hybridized carbons (Fsp3) is 0.171. The molecule has 0 bridgehead atoms. The van der Waals surface area contributed by atoms with Crippen molar-refractivity contribution in [1.82, 2.24) is 19.5 Å². The minimum Gasteiger partial charge on any atom is -0.292 e. The van der Waals surface area contributed by atoms with Crippen molar-refractivity contribution in [2.24, 2.45) is 0 Å². The van der Waals surface area contributed by atoms with Gasteiger partial charge in [-0.2, -0.15) is 0 Å². The predicted octanol–water partition coefficient (Wildman–Crippen LogP) is 9.06. The van der Waals surface area contributed by atoms with Crippen molar-refractivity contribution in [3.8, 4) is 39.6 Å². The van der Waals surface area contributed by atoms with E-state index < -0.39 is 0 Å².